The zero-order valence-electron chi connectivity index (χ0n) is 49.7. The van der Waals surface area contributed by atoms with Crippen molar-refractivity contribution in [1.82, 2.24) is 0 Å². The Morgan fingerprint density at radius 1 is 0.260 bits per heavy atom. The lowest BCUT2D eigenvalue weighted by atomic mass is 10.1. The number of carbonyl (C=O) groups excluding carboxylic acids is 3. The van der Waals surface area contributed by atoms with E-state index in [1.54, 1.807) is 0 Å². The van der Waals surface area contributed by atoms with E-state index in [0.29, 0.717) is 19.3 Å². The summed E-state index contributed by atoms with van der Waals surface area (Å²) in [5, 5.41) is 0. The average Bonchev–Trinajstić information content (AvgIpc) is 3.43. The zero-order valence-corrected chi connectivity index (χ0v) is 49.7. The highest BCUT2D eigenvalue weighted by Gasteiger charge is 2.19. The highest BCUT2D eigenvalue weighted by atomic mass is 16.6. The fraction of sp³-hybridized carbons (Fsp3) is 0.620. The largest absolute Gasteiger partial charge is 0.462 e. The molecule has 0 heterocycles. The predicted molar refractivity (Wildman–Crippen MR) is 334 cm³/mol. The van der Waals surface area contributed by atoms with Gasteiger partial charge in [0, 0.05) is 19.3 Å². The summed E-state index contributed by atoms with van der Waals surface area (Å²) >= 11 is 0. The highest BCUT2D eigenvalue weighted by molar-refractivity contribution is 5.71. The average molecular weight is 1060 g/mol. The fourth-order valence-corrected chi connectivity index (χ4v) is 8.24. The summed E-state index contributed by atoms with van der Waals surface area (Å²) < 4.78 is 16.9. The summed E-state index contributed by atoms with van der Waals surface area (Å²) in [5.74, 6) is -0.939. The van der Waals surface area contributed by atoms with Crippen molar-refractivity contribution in [2.24, 2.45) is 0 Å². The van der Waals surface area contributed by atoms with Gasteiger partial charge in [0.05, 0.1) is 0 Å². The van der Waals surface area contributed by atoms with E-state index in [1.807, 2.05) is 0 Å². The molecule has 0 aliphatic carbocycles. The van der Waals surface area contributed by atoms with Gasteiger partial charge < -0.3 is 14.2 Å². The highest BCUT2D eigenvalue weighted by Crippen LogP contribution is 2.15. The van der Waals surface area contributed by atoms with Gasteiger partial charge in [0.25, 0.3) is 0 Å². The molecule has 77 heavy (non-hydrogen) atoms. The van der Waals surface area contributed by atoms with Crippen molar-refractivity contribution in [3.8, 4) is 0 Å². The van der Waals surface area contributed by atoms with E-state index >= 15 is 0 Å². The quantitative estimate of drug-likeness (QED) is 0.0261. The van der Waals surface area contributed by atoms with Gasteiger partial charge in [0.2, 0.25) is 0 Å². The van der Waals surface area contributed by atoms with E-state index in [0.717, 1.165) is 161 Å². The maximum absolute atomic E-state index is 12.9. The summed E-state index contributed by atoms with van der Waals surface area (Å²) in [4.78, 5) is 38.4. The second-order valence-corrected chi connectivity index (χ2v) is 20.2. The van der Waals surface area contributed by atoms with Crippen LogP contribution in [0.1, 0.15) is 265 Å². The number of hydrogen-bond acceptors (Lipinski definition) is 6. The molecule has 0 radical (unpaired) electrons. The smallest absolute Gasteiger partial charge is 0.306 e. The Labute approximate surface area is 474 Å². The van der Waals surface area contributed by atoms with Crippen molar-refractivity contribution in [2.75, 3.05) is 13.2 Å². The van der Waals surface area contributed by atoms with Crippen molar-refractivity contribution in [3.05, 3.63) is 146 Å². The van der Waals surface area contributed by atoms with Crippen LogP contribution in [0.3, 0.4) is 0 Å². The van der Waals surface area contributed by atoms with Crippen molar-refractivity contribution < 1.29 is 28.6 Å². The second kappa shape index (κ2) is 63.8. The van der Waals surface area contributed by atoms with Crippen LogP contribution in [-0.4, -0.2) is 37.2 Å². The van der Waals surface area contributed by atoms with Gasteiger partial charge >= 0.3 is 17.9 Å². The number of allylic oxidation sites excluding steroid dienone is 24. The fourth-order valence-electron chi connectivity index (χ4n) is 8.24. The molecule has 0 bridgehead atoms. The molecule has 434 valence electrons. The van der Waals surface area contributed by atoms with Gasteiger partial charge in [0.1, 0.15) is 13.2 Å². The molecule has 0 aromatic carbocycles. The van der Waals surface area contributed by atoms with E-state index in [-0.39, 0.29) is 31.1 Å². The van der Waals surface area contributed by atoms with Crippen LogP contribution >= 0.6 is 0 Å². The Bertz CT molecular complexity index is 1700. The summed E-state index contributed by atoms with van der Waals surface area (Å²) in [6.45, 7) is 6.27. The molecule has 0 saturated heterocycles. The first kappa shape index (κ1) is 72.3. The Morgan fingerprint density at radius 3 is 0.727 bits per heavy atom. The maximum atomic E-state index is 12.9. The molecule has 1 unspecified atom stereocenters. The SMILES string of the molecule is CC/C=C\C/C=C\C/C=C\C/C=C\CCCCCCCCCCC(=O)OCC(COC(=O)CCCCCC/C=C\C/C=C\C/C=C\C/C=C\CC)OC(=O)CCCCCCCCCC/C=C\C/C=C\C/C=C\C/C=C\CC. The minimum Gasteiger partial charge on any atom is -0.462 e. The molecule has 0 aromatic heterocycles. The molecule has 0 aliphatic rings. The van der Waals surface area contributed by atoms with Crippen LogP contribution in [0.25, 0.3) is 0 Å². The van der Waals surface area contributed by atoms with Crippen LogP contribution in [-0.2, 0) is 28.6 Å². The van der Waals surface area contributed by atoms with Gasteiger partial charge in [-0.15, -0.1) is 0 Å². The monoisotopic (exact) mass is 1060 g/mol. The molecule has 0 amide bonds. The van der Waals surface area contributed by atoms with E-state index in [2.05, 4.69) is 167 Å². The third-order valence-electron chi connectivity index (χ3n) is 12.8. The van der Waals surface area contributed by atoms with Crippen LogP contribution in [0.4, 0.5) is 0 Å². The third-order valence-corrected chi connectivity index (χ3v) is 12.8. The van der Waals surface area contributed by atoms with Gasteiger partial charge in [-0.25, -0.2) is 0 Å². The molecule has 6 nitrogen and oxygen atoms in total. The van der Waals surface area contributed by atoms with E-state index < -0.39 is 6.10 Å². The first-order chi connectivity index (χ1) is 38.0. The van der Waals surface area contributed by atoms with Crippen LogP contribution in [0.15, 0.2) is 146 Å². The van der Waals surface area contributed by atoms with Crippen LogP contribution in [0.2, 0.25) is 0 Å². The maximum Gasteiger partial charge on any atom is 0.306 e. The zero-order chi connectivity index (χ0) is 55.7. The summed E-state index contributed by atoms with van der Waals surface area (Å²) in [5.41, 5.74) is 0. The Kier molecular flexibility index (Phi) is 59.9. The minimum atomic E-state index is -0.805. The third kappa shape index (κ3) is 62.0. The summed E-state index contributed by atoms with van der Waals surface area (Å²) in [6.07, 6.45) is 91.2. The predicted octanol–water partition coefficient (Wildman–Crippen LogP) is 21.5. The number of ether oxygens (including phenoxy) is 3. The molecular formula is C71H114O6. The minimum absolute atomic E-state index is 0.0989. The van der Waals surface area contributed by atoms with E-state index in [4.69, 9.17) is 14.2 Å². The molecule has 0 aliphatic heterocycles. The van der Waals surface area contributed by atoms with Crippen molar-refractivity contribution in [1.29, 1.82) is 0 Å². The topological polar surface area (TPSA) is 78.9 Å². The molecule has 0 N–H and O–H groups in total. The van der Waals surface area contributed by atoms with Gasteiger partial charge in [-0.05, 0) is 135 Å². The summed E-state index contributed by atoms with van der Waals surface area (Å²) in [6, 6.07) is 0. The van der Waals surface area contributed by atoms with Gasteiger partial charge in [0.15, 0.2) is 6.10 Å². The normalized spacial score (nSPS) is 13.1. The lowest BCUT2D eigenvalue weighted by Crippen LogP contribution is -2.30. The van der Waals surface area contributed by atoms with Gasteiger partial charge in [-0.3, -0.25) is 14.4 Å². The molecular weight excluding hydrogens is 949 g/mol. The molecule has 0 aromatic rings. The van der Waals surface area contributed by atoms with Crippen LogP contribution in [0, 0.1) is 0 Å². The van der Waals surface area contributed by atoms with Crippen LogP contribution < -0.4 is 0 Å². The van der Waals surface area contributed by atoms with Gasteiger partial charge in [-0.2, -0.15) is 0 Å². The Hall–Kier alpha value is -4.71. The first-order valence-corrected chi connectivity index (χ1v) is 31.3. The van der Waals surface area contributed by atoms with Crippen LogP contribution in [0.5, 0.6) is 0 Å². The van der Waals surface area contributed by atoms with Gasteiger partial charge in [-0.1, -0.05) is 256 Å². The molecule has 1 atom stereocenters. The van der Waals surface area contributed by atoms with E-state index in [9.17, 15) is 14.4 Å². The van der Waals surface area contributed by atoms with E-state index in [1.165, 1.54) is 64.2 Å². The molecule has 0 rings (SSSR count). The number of hydrogen-bond donors (Lipinski definition) is 0. The lowest BCUT2D eigenvalue weighted by Gasteiger charge is -2.18. The van der Waals surface area contributed by atoms with Crippen molar-refractivity contribution in [3.63, 3.8) is 0 Å². The van der Waals surface area contributed by atoms with Crippen molar-refractivity contribution in [2.45, 2.75) is 271 Å². The number of carbonyl (C=O) groups is 3. The molecule has 0 fully saturated rings. The Balaban J connectivity index is 4.47. The number of esters is 3. The van der Waals surface area contributed by atoms with Crippen molar-refractivity contribution >= 4 is 17.9 Å². The number of unbranched alkanes of at least 4 members (excludes halogenated alkanes) is 20. The molecule has 0 saturated carbocycles. The molecule has 6 heteroatoms. The number of rotatable bonds is 55. The standard InChI is InChI=1S/C71H114O6/c1-4-7-10-13-16-19-22-25-28-31-33-35-37-40-43-46-49-52-55-58-61-64-70(73)76-67-68(66-75-69(72)63-60-57-54-51-48-45-42-39-30-27-24-21-18-15-12-9-6-3)77-71(74)65-62-59-56-53-50-47-44-41-38-36-34-32-29-26-23-20-17-14-11-8-5-2/h7-12,16-21,25-30,33-36,42,45,68H,4-6,13-15,22-24,31-32,37-41,43-44,46-67H2,1-3H3/b10-7-,11-8-,12-9-,19-16-,20-17-,21-18-,28-25-,29-26-,30-27-,35-33-,36-34-,45-42-. The summed E-state index contributed by atoms with van der Waals surface area (Å²) in [7, 11) is 0. The first-order valence-electron chi connectivity index (χ1n) is 31.3. The molecule has 0 spiro atoms. The second-order valence-electron chi connectivity index (χ2n) is 20.2. The lowest BCUT2D eigenvalue weighted by molar-refractivity contribution is -0.167. The Morgan fingerprint density at radius 2 is 0.468 bits per heavy atom.